The minimum atomic E-state index is -4.27. The second-order valence-electron chi connectivity index (χ2n) is 2.90. The van der Waals surface area contributed by atoms with Crippen molar-refractivity contribution in [3.63, 3.8) is 0 Å². The Bertz CT molecular complexity index is 153. The van der Waals surface area contributed by atoms with Crippen LogP contribution in [-0.4, -0.2) is 15.9 Å². The molecule has 0 amide bonds. The Morgan fingerprint density at radius 2 is 2.00 bits per heavy atom. The molecule has 2 N–H and O–H groups in total. The molecule has 1 unspecified atom stereocenters. The lowest BCUT2D eigenvalue weighted by atomic mass is 10.1. The predicted octanol–water partition coefficient (Wildman–Crippen LogP) is 2.06. The monoisotopic (exact) mass is 196 g/mol. The molecule has 0 aliphatic rings. The summed E-state index contributed by atoms with van der Waals surface area (Å²) in [5.41, 5.74) is 0. The molecule has 74 valence electrons. The second-order valence-corrected chi connectivity index (χ2v) is 4.09. The summed E-state index contributed by atoms with van der Waals surface area (Å²) in [6.45, 7) is 3.75. The Balaban J connectivity index is 3.46. The van der Waals surface area contributed by atoms with Crippen LogP contribution in [0.2, 0.25) is 0 Å². The van der Waals surface area contributed by atoms with Gasteiger partial charge in [-0.25, -0.2) is 4.57 Å². The van der Waals surface area contributed by atoms with E-state index in [-0.39, 0.29) is 6.10 Å². The molecule has 0 fully saturated rings. The fourth-order valence-electron chi connectivity index (χ4n) is 0.969. The van der Waals surface area contributed by atoms with E-state index in [0.29, 0.717) is 6.42 Å². The molecule has 0 saturated heterocycles. The Morgan fingerprint density at radius 3 is 2.42 bits per heavy atom. The summed E-state index contributed by atoms with van der Waals surface area (Å²) in [6, 6.07) is 0. The first kappa shape index (κ1) is 12.1. The van der Waals surface area contributed by atoms with Gasteiger partial charge in [0.25, 0.3) is 0 Å². The minimum Gasteiger partial charge on any atom is -0.303 e. The van der Waals surface area contributed by atoms with E-state index in [1.807, 2.05) is 0 Å². The van der Waals surface area contributed by atoms with E-state index in [1.165, 1.54) is 0 Å². The fourth-order valence-corrected chi connectivity index (χ4v) is 1.54. The maximum absolute atomic E-state index is 10.3. The van der Waals surface area contributed by atoms with Crippen LogP contribution in [0.25, 0.3) is 0 Å². The van der Waals surface area contributed by atoms with Crippen molar-refractivity contribution in [2.45, 2.75) is 45.6 Å². The van der Waals surface area contributed by atoms with Gasteiger partial charge in [-0.15, -0.1) is 0 Å². The first-order valence-corrected chi connectivity index (χ1v) is 5.72. The first-order chi connectivity index (χ1) is 5.45. The Morgan fingerprint density at radius 1 is 1.42 bits per heavy atom. The topological polar surface area (TPSA) is 66.8 Å². The second kappa shape index (κ2) is 5.70. The molecule has 5 heteroatoms. The van der Waals surface area contributed by atoms with Crippen molar-refractivity contribution in [2.24, 2.45) is 0 Å². The van der Waals surface area contributed by atoms with Gasteiger partial charge in [0.05, 0.1) is 6.10 Å². The van der Waals surface area contributed by atoms with E-state index in [2.05, 4.69) is 11.4 Å². The number of phosphoric acid groups is 1. The number of rotatable bonds is 6. The molecular weight excluding hydrogens is 179 g/mol. The zero-order valence-electron chi connectivity index (χ0n) is 7.56. The lowest BCUT2D eigenvalue weighted by Gasteiger charge is -2.12. The summed E-state index contributed by atoms with van der Waals surface area (Å²) in [5.74, 6) is 0. The molecule has 1 atom stereocenters. The summed E-state index contributed by atoms with van der Waals surface area (Å²) in [5, 5.41) is 0. The van der Waals surface area contributed by atoms with Gasteiger partial charge in [-0.05, 0) is 13.3 Å². The molecule has 0 bridgehead atoms. The zero-order chi connectivity index (χ0) is 9.61. The number of phosphoric ester groups is 1. The highest BCUT2D eigenvalue weighted by Crippen LogP contribution is 2.38. The van der Waals surface area contributed by atoms with Crippen molar-refractivity contribution in [1.82, 2.24) is 0 Å². The molecule has 0 saturated carbocycles. The first-order valence-electron chi connectivity index (χ1n) is 4.19. The number of hydrogen-bond acceptors (Lipinski definition) is 2. The molecule has 0 aromatic carbocycles. The number of unbranched alkanes of at least 4 members (excludes halogenated alkanes) is 2. The minimum absolute atomic E-state index is 0.350. The molecule has 0 aromatic rings. The maximum Gasteiger partial charge on any atom is 0.469 e. The van der Waals surface area contributed by atoms with Gasteiger partial charge in [0.1, 0.15) is 0 Å². The normalized spacial score (nSPS) is 14.7. The lowest BCUT2D eigenvalue weighted by Crippen LogP contribution is -2.05. The highest BCUT2D eigenvalue weighted by molar-refractivity contribution is 7.46. The Kier molecular flexibility index (Phi) is 5.76. The van der Waals surface area contributed by atoms with Crippen molar-refractivity contribution >= 4 is 7.82 Å². The maximum atomic E-state index is 10.3. The quantitative estimate of drug-likeness (QED) is 0.504. The predicted molar refractivity (Wildman–Crippen MR) is 46.7 cm³/mol. The van der Waals surface area contributed by atoms with Crippen LogP contribution in [0.5, 0.6) is 0 Å². The highest BCUT2D eigenvalue weighted by Gasteiger charge is 2.17. The Labute approximate surface area is 73.2 Å². The van der Waals surface area contributed by atoms with E-state index >= 15 is 0 Å². The van der Waals surface area contributed by atoms with E-state index in [1.54, 1.807) is 6.92 Å². The van der Waals surface area contributed by atoms with Crippen molar-refractivity contribution < 1.29 is 18.9 Å². The van der Waals surface area contributed by atoms with E-state index in [9.17, 15) is 4.57 Å². The van der Waals surface area contributed by atoms with Gasteiger partial charge in [0.2, 0.25) is 0 Å². The summed E-state index contributed by atoms with van der Waals surface area (Å²) >= 11 is 0. The molecule has 4 nitrogen and oxygen atoms in total. The third-order valence-corrected chi connectivity index (χ3v) is 2.17. The SMILES string of the molecule is CCCCCC(C)OP(=O)(O)O. The van der Waals surface area contributed by atoms with Gasteiger partial charge in [-0.1, -0.05) is 26.2 Å². The zero-order valence-corrected chi connectivity index (χ0v) is 8.46. The van der Waals surface area contributed by atoms with Crippen molar-refractivity contribution in [2.75, 3.05) is 0 Å². The van der Waals surface area contributed by atoms with E-state index < -0.39 is 7.82 Å². The van der Waals surface area contributed by atoms with E-state index in [0.717, 1.165) is 19.3 Å². The molecular formula is C7H17O4P. The summed E-state index contributed by atoms with van der Waals surface area (Å²) < 4.78 is 14.8. The standard InChI is InChI=1S/C7H17O4P/c1-3-4-5-6-7(2)11-12(8,9)10/h7H,3-6H2,1-2H3,(H2,8,9,10). The van der Waals surface area contributed by atoms with Crippen LogP contribution in [0.4, 0.5) is 0 Å². The number of hydrogen-bond donors (Lipinski definition) is 2. The summed E-state index contributed by atoms with van der Waals surface area (Å²) in [7, 11) is -4.27. The van der Waals surface area contributed by atoms with Crippen LogP contribution in [-0.2, 0) is 9.09 Å². The van der Waals surface area contributed by atoms with Gasteiger partial charge < -0.3 is 9.79 Å². The smallest absolute Gasteiger partial charge is 0.303 e. The van der Waals surface area contributed by atoms with Crippen LogP contribution < -0.4 is 0 Å². The Hall–Kier alpha value is 0.110. The average Bonchev–Trinajstić information content (AvgIpc) is 1.84. The van der Waals surface area contributed by atoms with Gasteiger partial charge in [-0.2, -0.15) is 0 Å². The molecule has 0 aliphatic heterocycles. The van der Waals surface area contributed by atoms with Gasteiger partial charge in [-0.3, -0.25) is 4.52 Å². The van der Waals surface area contributed by atoms with Crippen LogP contribution in [0.3, 0.4) is 0 Å². The van der Waals surface area contributed by atoms with Gasteiger partial charge >= 0.3 is 7.82 Å². The molecule has 0 aromatic heterocycles. The summed E-state index contributed by atoms with van der Waals surface area (Å²) in [4.78, 5) is 16.9. The average molecular weight is 196 g/mol. The van der Waals surface area contributed by atoms with Crippen LogP contribution >= 0.6 is 7.82 Å². The van der Waals surface area contributed by atoms with Crippen LogP contribution in [0, 0.1) is 0 Å². The third kappa shape index (κ3) is 8.21. The summed E-state index contributed by atoms with van der Waals surface area (Å²) in [6.07, 6.45) is 3.49. The molecule has 0 spiro atoms. The van der Waals surface area contributed by atoms with Gasteiger partial charge in [0, 0.05) is 0 Å². The fraction of sp³-hybridized carbons (Fsp3) is 1.00. The molecule has 0 radical (unpaired) electrons. The molecule has 0 aliphatic carbocycles. The van der Waals surface area contributed by atoms with Crippen molar-refractivity contribution in [3.05, 3.63) is 0 Å². The molecule has 0 heterocycles. The molecule has 0 rings (SSSR count). The lowest BCUT2D eigenvalue weighted by molar-refractivity contribution is 0.136. The van der Waals surface area contributed by atoms with Crippen LogP contribution in [0.1, 0.15) is 39.5 Å². The highest BCUT2D eigenvalue weighted by atomic mass is 31.2. The van der Waals surface area contributed by atoms with Crippen LogP contribution in [0.15, 0.2) is 0 Å². The van der Waals surface area contributed by atoms with Crippen molar-refractivity contribution in [3.8, 4) is 0 Å². The third-order valence-electron chi connectivity index (χ3n) is 1.53. The van der Waals surface area contributed by atoms with E-state index in [4.69, 9.17) is 9.79 Å². The molecule has 12 heavy (non-hydrogen) atoms. The van der Waals surface area contributed by atoms with Crippen molar-refractivity contribution in [1.29, 1.82) is 0 Å². The largest absolute Gasteiger partial charge is 0.469 e. The van der Waals surface area contributed by atoms with Gasteiger partial charge in [0.15, 0.2) is 0 Å².